The van der Waals surface area contributed by atoms with E-state index in [1.807, 2.05) is 0 Å². The molecule has 40 heavy (non-hydrogen) atoms. The highest BCUT2D eigenvalue weighted by atomic mass is 32.2. The van der Waals surface area contributed by atoms with Gasteiger partial charge >= 0.3 is 0 Å². The van der Waals surface area contributed by atoms with Crippen molar-refractivity contribution in [2.24, 2.45) is 23.7 Å². The molecule has 5 saturated carbocycles. The smallest absolute Gasteiger partial charge is 0.261 e. The van der Waals surface area contributed by atoms with Crippen molar-refractivity contribution >= 4 is 10.1 Å². The molecule has 1 aromatic carbocycles. The first-order chi connectivity index (χ1) is 19.2. The minimum atomic E-state index is -3.67. The predicted molar refractivity (Wildman–Crippen MR) is 149 cm³/mol. The van der Waals surface area contributed by atoms with Crippen LogP contribution in [0.4, 0.5) is 0 Å². The van der Waals surface area contributed by atoms with Gasteiger partial charge in [-0.3, -0.25) is 9.45 Å². The summed E-state index contributed by atoms with van der Waals surface area (Å²) in [7, 11) is -3.67. The van der Waals surface area contributed by atoms with Gasteiger partial charge < -0.3 is 14.2 Å². The van der Waals surface area contributed by atoms with E-state index in [9.17, 15) is 8.42 Å². The maximum Gasteiger partial charge on any atom is 0.261 e. The van der Waals surface area contributed by atoms with E-state index in [0.717, 1.165) is 82.7 Å². The Morgan fingerprint density at radius 3 is 2.10 bits per heavy atom. The molecule has 2 aliphatic heterocycles. The molecule has 7 fully saturated rings. The van der Waals surface area contributed by atoms with E-state index in [0.29, 0.717) is 30.6 Å². The summed E-state index contributed by atoms with van der Waals surface area (Å²) < 4.78 is 44.0. The highest BCUT2D eigenvalue weighted by Crippen LogP contribution is 2.61. The predicted octanol–water partition coefficient (Wildman–Crippen LogP) is 4.43. The third kappa shape index (κ3) is 6.53. The molecule has 7 aliphatic rings. The zero-order valence-corrected chi connectivity index (χ0v) is 24.5. The maximum atomic E-state index is 9.19. The summed E-state index contributed by atoms with van der Waals surface area (Å²) in [5, 5.41) is 0. The third-order valence-corrected chi connectivity index (χ3v) is 10.2. The minimum Gasteiger partial charge on any atom is -0.492 e. The van der Waals surface area contributed by atoms with Crippen molar-refractivity contribution < 1.29 is 37.0 Å². The lowest BCUT2D eigenvalue weighted by atomic mass is 9.53. The van der Waals surface area contributed by atoms with Crippen LogP contribution in [0.3, 0.4) is 0 Å². The van der Waals surface area contributed by atoms with E-state index < -0.39 is 15.9 Å². The fraction of sp³-hybridized carbons (Fsp3) is 0.800. The fourth-order valence-corrected chi connectivity index (χ4v) is 8.32. The van der Waals surface area contributed by atoms with Crippen LogP contribution >= 0.6 is 0 Å². The lowest BCUT2D eigenvalue weighted by Crippen LogP contribution is -2.65. The van der Waals surface area contributed by atoms with Gasteiger partial charge in [-0.2, -0.15) is 13.3 Å². The van der Waals surface area contributed by atoms with E-state index in [1.54, 1.807) is 0 Å². The van der Waals surface area contributed by atoms with Crippen LogP contribution in [0.25, 0.3) is 0 Å². The molecule has 2 spiro atoms. The summed E-state index contributed by atoms with van der Waals surface area (Å²) in [5.41, 5.74) is 1.16. The van der Waals surface area contributed by atoms with Crippen molar-refractivity contribution in [2.45, 2.75) is 75.1 Å². The number of rotatable bonds is 5. The van der Waals surface area contributed by atoms with Gasteiger partial charge in [0, 0.05) is 31.5 Å². The van der Waals surface area contributed by atoms with Crippen LogP contribution < -0.4 is 4.74 Å². The molecular weight excluding hydrogens is 534 g/mol. The summed E-state index contributed by atoms with van der Waals surface area (Å²) in [6.45, 7) is 6.09. The number of ether oxygens (including phenoxy) is 3. The fourth-order valence-electron chi connectivity index (χ4n) is 8.32. The van der Waals surface area contributed by atoms with Crippen molar-refractivity contribution in [3.63, 3.8) is 0 Å². The van der Waals surface area contributed by atoms with Crippen molar-refractivity contribution in [1.82, 2.24) is 4.90 Å². The van der Waals surface area contributed by atoms with Crippen LogP contribution in [0.2, 0.25) is 0 Å². The van der Waals surface area contributed by atoms with Crippen LogP contribution in [0.1, 0.15) is 69.3 Å². The molecule has 2 saturated heterocycles. The van der Waals surface area contributed by atoms with E-state index in [2.05, 4.69) is 29.2 Å². The zero-order valence-electron chi connectivity index (χ0n) is 23.7. The zero-order chi connectivity index (χ0) is 27.8. The van der Waals surface area contributed by atoms with Gasteiger partial charge in [0.25, 0.3) is 10.1 Å². The van der Waals surface area contributed by atoms with Gasteiger partial charge in [-0.25, -0.2) is 4.89 Å². The largest absolute Gasteiger partial charge is 0.492 e. The van der Waals surface area contributed by atoms with Crippen molar-refractivity contribution in [3.8, 4) is 5.75 Å². The molecule has 2 heterocycles. The van der Waals surface area contributed by atoms with Crippen LogP contribution in [-0.4, -0.2) is 81.6 Å². The van der Waals surface area contributed by atoms with Crippen LogP contribution in [-0.2, 0) is 29.4 Å². The molecule has 10 heteroatoms. The average molecular weight is 580 g/mol. The molecule has 0 amide bonds. The van der Waals surface area contributed by atoms with Crippen molar-refractivity contribution in [3.05, 3.63) is 29.8 Å². The summed E-state index contributed by atoms with van der Waals surface area (Å²) in [4.78, 5) is 15.1. The molecule has 5 aliphatic carbocycles. The Balaban J connectivity index is 0.000000534. The number of nitrogens with zero attached hydrogens (tertiary/aromatic N) is 1. The molecular formula is C30H45NO8S. The summed E-state index contributed by atoms with van der Waals surface area (Å²) in [6.07, 6.45) is 11.5. The molecule has 0 unspecified atom stereocenters. The summed E-state index contributed by atoms with van der Waals surface area (Å²) >= 11 is 0. The van der Waals surface area contributed by atoms with Gasteiger partial charge in [0.15, 0.2) is 0 Å². The lowest BCUT2D eigenvalue weighted by molar-refractivity contribution is -0.548. The minimum absolute atomic E-state index is 0.251. The van der Waals surface area contributed by atoms with E-state index in [-0.39, 0.29) is 5.60 Å². The van der Waals surface area contributed by atoms with Crippen molar-refractivity contribution in [2.75, 3.05) is 52.3 Å². The van der Waals surface area contributed by atoms with Crippen molar-refractivity contribution in [1.29, 1.82) is 0 Å². The van der Waals surface area contributed by atoms with Crippen LogP contribution in [0, 0.1) is 23.7 Å². The number of benzene rings is 1. The highest BCUT2D eigenvalue weighted by molar-refractivity contribution is 7.85. The van der Waals surface area contributed by atoms with E-state index in [1.165, 1.54) is 37.7 Å². The second-order valence-electron chi connectivity index (χ2n) is 13.0. The van der Waals surface area contributed by atoms with Gasteiger partial charge in [0.05, 0.1) is 26.1 Å². The summed E-state index contributed by atoms with van der Waals surface area (Å²) in [5.74, 6) is 4.00. The quantitative estimate of drug-likeness (QED) is 0.401. The SMILES string of the molecule is CS(=O)(=O)O.c1cc(C2CCC3(CC2)COC2(OO3)C3CC4CC(C3)CC2C4)ccc1OCCN1CCOCC1. The van der Waals surface area contributed by atoms with E-state index in [4.69, 9.17) is 28.5 Å². The first kappa shape index (κ1) is 28.8. The Morgan fingerprint density at radius 2 is 1.55 bits per heavy atom. The molecule has 224 valence electrons. The lowest BCUT2D eigenvalue weighted by Gasteiger charge is -2.61. The molecule has 9 nitrogen and oxygen atoms in total. The van der Waals surface area contributed by atoms with Gasteiger partial charge in [-0.15, -0.1) is 0 Å². The summed E-state index contributed by atoms with van der Waals surface area (Å²) in [6, 6.07) is 8.78. The molecule has 0 atom stereocenters. The van der Waals surface area contributed by atoms with Gasteiger partial charge in [-0.1, -0.05) is 12.1 Å². The second kappa shape index (κ2) is 11.8. The number of hydrogen-bond acceptors (Lipinski definition) is 8. The molecule has 1 N–H and O–H groups in total. The van der Waals surface area contributed by atoms with Gasteiger partial charge in [-0.05, 0) is 93.2 Å². The van der Waals surface area contributed by atoms with Crippen LogP contribution in [0.5, 0.6) is 5.75 Å². The Labute approximate surface area is 238 Å². The molecule has 8 rings (SSSR count). The number of morpholine rings is 1. The Hall–Kier alpha value is -1.27. The average Bonchev–Trinajstić information content (AvgIpc) is 2.93. The number of hydrogen-bond donors (Lipinski definition) is 1. The maximum absolute atomic E-state index is 9.19. The third-order valence-electron chi connectivity index (χ3n) is 10.2. The first-order valence-corrected chi connectivity index (χ1v) is 17.0. The topological polar surface area (TPSA) is 104 Å². The Morgan fingerprint density at radius 1 is 0.950 bits per heavy atom. The monoisotopic (exact) mass is 579 g/mol. The molecule has 0 aromatic heterocycles. The van der Waals surface area contributed by atoms with E-state index >= 15 is 0 Å². The highest BCUT2D eigenvalue weighted by Gasteiger charge is 2.63. The van der Waals surface area contributed by atoms with Crippen LogP contribution in [0.15, 0.2) is 24.3 Å². The molecule has 4 bridgehead atoms. The Kier molecular flexibility index (Phi) is 8.49. The normalized spacial score (nSPS) is 39.2. The molecule has 0 radical (unpaired) electrons. The van der Waals surface area contributed by atoms with Gasteiger partial charge in [0.2, 0.25) is 5.79 Å². The first-order valence-electron chi connectivity index (χ1n) is 15.2. The van der Waals surface area contributed by atoms with Gasteiger partial charge in [0.1, 0.15) is 18.0 Å². The standard InChI is InChI=1S/C29H41NO5.CH4O3S/c1-3-27(32-14-11-30-9-12-31-13-10-30)4-2-23(1)24-5-7-28(8-6-24)20-33-29(35-34-28)25-16-21-15-22(18-25)19-26(29)17-21;1-5(2,3)4/h1-4,21-22,24-26H,5-20H2;1H3,(H,2,3,4). The second-order valence-corrected chi connectivity index (χ2v) is 14.5. The Bertz CT molecular complexity index is 1050. The molecule has 1 aromatic rings.